The van der Waals surface area contributed by atoms with Gasteiger partial charge >= 0.3 is 5.97 Å². The molecule has 2 heterocycles. The molecular formula is C20H16ClN7O2. The molecule has 2 aromatic carbocycles. The minimum Gasteiger partial charge on any atom is -0.480 e. The van der Waals surface area contributed by atoms with E-state index >= 15 is 0 Å². The van der Waals surface area contributed by atoms with Crippen molar-refractivity contribution in [2.75, 3.05) is 18.5 Å². The molecular weight excluding hydrogens is 406 g/mol. The zero-order chi connectivity index (χ0) is 21.1. The molecule has 9 nitrogen and oxygen atoms in total. The molecule has 0 amide bonds. The number of carbonyl (C=O) groups is 1. The number of nitrogens with zero attached hydrogens (tertiary/aromatic N) is 7. The first kappa shape index (κ1) is 19.5. The number of hydrogen-bond acceptors (Lipinski definition) is 7. The number of para-hydroxylation sites is 1. The van der Waals surface area contributed by atoms with E-state index < -0.39 is 5.97 Å². The molecule has 10 heteroatoms. The van der Waals surface area contributed by atoms with E-state index in [0.717, 1.165) is 5.69 Å². The van der Waals surface area contributed by atoms with Crippen molar-refractivity contribution in [3.63, 3.8) is 0 Å². The predicted molar refractivity (Wildman–Crippen MR) is 112 cm³/mol. The summed E-state index contributed by atoms with van der Waals surface area (Å²) >= 11 is 6.44. The van der Waals surface area contributed by atoms with E-state index in [4.69, 9.17) is 16.7 Å². The van der Waals surface area contributed by atoms with Gasteiger partial charge in [0.1, 0.15) is 6.54 Å². The third-order valence-corrected chi connectivity index (χ3v) is 4.66. The van der Waals surface area contributed by atoms with Gasteiger partial charge in [0.15, 0.2) is 5.82 Å². The molecule has 0 aliphatic rings. The summed E-state index contributed by atoms with van der Waals surface area (Å²) in [6, 6.07) is 16.7. The maximum atomic E-state index is 11.1. The Labute approximate surface area is 176 Å². The number of likely N-dealkylation sites (N-methyl/N-ethyl adjacent to an activating group) is 1. The Morgan fingerprint density at radius 1 is 1.10 bits per heavy atom. The van der Waals surface area contributed by atoms with Gasteiger partial charge in [-0.25, -0.2) is 9.97 Å². The molecule has 2 aromatic heterocycles. The van der Waals surface area contributed by atoms with Gasteiger partial charge in [0, 0.05) is 23.8 Å². The highest BCUT2D eigenvalue weighted by molar-refractivity contribution is 6.33. The zero-order valence-electron chi connectivity index (χ0n) is 15.8. The second-order valence-corrected chi connectivity index (χ2v) is 6.82. The van der Waals surface area contributed by atoms with Gasteiger partial charge in [-0.2, -0.15) is 4.68 Å². The molecule has 4 aromatic rings. The van der Waals surface area contributed by atoms with Crippen LogP contribution >= 0.6 is 11.6 Å². The van der Waals surface area contributed by atoms with E-state index in [1.54, 1.807) is 24.0 Å². The molecule has 4 rings (SSSR count). The second-order valence-electron chi connectivity index (χ2n) is 6.41. The molecule has 0 aliphatic carbocycles. The van der Waals surface area contributed by atoms with E-state index in [9.17, 15) is 4.79 Å². The molecule has 0 saturated heterocycles. The van der Waals surface area contributed by atoms with Crippen molar-refractivity contribution >= 4 is 23.5 Å². The summed E-state index contributed by atoms with van der Waals surface area (Å²) in [7, 11) is 1.60. The third-order valence-electron chi connectivity index (χ3n) is 4.33. The Hall–Kier alpha value is -3.85. The molecule has 1 N–H and O–H groups in total. The van der Waals surface area contributed by atoms with Crippen LogP contribution in [-0.2, 0) is 4.79 Å². The van der Waals surface area contributed by atoms with Crippen molar-refractivity contribution in [3.05, 3.63) is 65.8 Å². The van der Waals surface area contributed by atoms with Gasteiger partial charge in [-0.3, -0.25) is 4.79 Å². The van der Waals surface area contributed by atoms with Crippen LogP contribution in [0.2, 0.25) is 5.02 Å². The topological polar surface area (TPSA) is 110 Å². The van der Waals surface area contributed by atoms with Gasteiger partial charge in [0.05, 0.1) is 16.9 Å². The zero-order valence-corrected chi connectivity index (χ0v) is 16.6. The van der Waals surface area contributed by atoms with Gasteiger partial charge in [-0.15, -0.1) is 5.10 Å². The highest BCUT2D eigenvalue weighted by Gasteiger charge is 2.21. The second kappa shape index (κ2) is 8.26. The summed E-state index contributed by atoms with van der Waals surface area (Å²) in [5.41, 5.74) is 2.48. The minimum absolute atomic E-state index is 0.245. The van der Waals surface area contributed by atoms with E-state index in [1.807, 2.05) is 48.5 Å². The smallest absolute Gasteiger partial charge is 0.323 e. The summed E-state index contributed by atoms with van der Waals surface area (Å²) in [6.07, 6.45) is 1.57. The van der Waals surface area contributed by atoms with E-state index in [-0.39, 0.29) is 12.5 Å². The van der Waals surface area contributed by atoms with Crippen LogP contribution in [0.5, 0.6) is 0 Å². The molecule has 0 fully saturated rings. The summed E-state index contributed by atoms with van der Waals surface area (Å²) in [5.74, 6) is -0.309. The fourth-order valence-corrected chi connectivity index (χ4v) is 3.18. The predicted octanol–water partition coefficient (Wildman–Crippen LogP) is 2.96. The molecule has 150 valence electrons. The number of carboxylic acid groups (broad SMARTS) is 1. The van der Waals surface area contributed by atoms with Crippen molar-refractivity contribution in [2.45, 2.75) is 0 Å². The molecule has 30 heavy (non-hydrogen) atoms. The Morgan fingerprint density at radius 3 is 2.57 bits per heavy atom. The molecule has 0 atom stereocenters. The number of benzene rings is 2. The first-order valence-corrected chi connectivity index (χ1v) is 9.31. The SMILES string of the molecule is CN(CC(=O)O)c1ncc(-c2nnnn2-c2ccccc2)c(-c2ccccc2Cl)n1. The summed E-state index contributed by atoms with van der Waals surface area (Å²) in [4.78, 5) is 21.5. The maximum absolute atomic E-state index is 11.1. The normalized spacial score (nSPS) is 10.7. The molecule has 0 radical (unpaired) electrons. The van der Waals surface area contributed by atoms with Gasteiger partial charge in [0.2, 0.25) is 5.95 Å². The number of hydrogen-bond donors (Lipinski definition) is 1. The Bertz CT molecular complexity index is 1200. The Kier molecular flexibility index (Phi) is 5.36. The summed E-state index contributed by atoms with van der Waals surface area (Å²) < 4.78 is 1.58. The van der Waals surface area contributed by atoms with Crippen LogP contribution in [-0.4, -0.2) is 54.8 Å². The standard InChI is InChI=1S/C20H16ClN7O2/c1-27(12-17(29)30)20-22-11-15(18(23-20)14-9-5-6-10-16(14)21)19-24-25-26-28(19)13-7-3-2-4-8-13/h2-11H,12H2,1H3,(H,29,30). The number of anilines is 1. The third kappa shape index (κ3) is 3.83. The first-order chi connectivity index (χ1) is 14.5. The molecule has 0 saturated carbocycles. The van der Waals surface area contributed by atoms with Crippen molar-refractivity contribution in [2.24, 2.45) is 0 Å². The minimum atomic E-state index is -0.988. The number of aliphatic carboxylic acids is 1. The average molecular weight is 422 g/mol. The van der Waals surface area contributed by atoms with Crippen LogP contribution in [0.15, 0.2) is 60.8 Å². The maximum Gasteiger partial charge on any atom is 0.323 e. The number of aromatic nitrogens is 6. The molecule has 0 aliphatic heterocycles. The number of halogens is 1. The first-order valence-electron chi connectivity index (χ1n) is 8.93. The monoisotopic (exact) mass is 421 g/mol. The van der Waals surface area contributed by atoms with Gasteiger partial charge in [-0.1, -0.05) is 48.0 Å². The van der Waals surface area contributed by atoms with Gasteiger partial charge in [0.25, 0.3) is 0 Å². The summed E-state index contributed by atoms with van der Waals surface area (Å²) in [6.45, 7) is -0.247. The molecule has 0 spiro atoms. The number of tetrazole rings is 1. The van der Waals surface area contributed by atoms with Crippen LogP contribution in [0.1, 0.15) is 0 Å². The fourth-order valence-electron chi connectivity index (χ4n) is 2.95. The Morgan fingerprint density at radius 2 is 1.83 bits per heavy atom. The Balaban J connectivity index is 1.90. The number of carboxylic acids is 1. The van der Waals surface area contributed by atoms with E-state index in [1.165, 1.54) is 4.90 Å². The van der Waals surface area contributed by atoms with Crippen LogP contribution < -0.4 is 4.90 Å². The van der Waals surface area contributed by atoms with Crippen molar-refractivity contribution in [1.82, 2.24) is 30.2 Å². The van der Waals surface area contributed by atoms with Gasteiger partial charge in [-0.05, 0) is 28.6 Å². The highest BCUT2D eigenvalue weighted by Crippen LogP contribution is 2.34. The lowest BCUT2D eigenvalue weighted by molar-refractivity contribution is -0.135. The van der Waals surface area contributed by atoms with Crippen LogP contribution in [0, 0.1) is 0 Å². The lowest BCUT2D eigenvalue weighted by Crippen LogP contribution is -2.27. The lowest BCUT2D eigenvalue weighted by atomic mass is 10.1. The van der Waals surface area contributed by atoms with Crippen LogP contribution in [0.25, 0.3) is 28.3 Å². The molecule has 0 unspecified atom stereocenters. The largest absolute Gasteiger partial charge is 0.480 e. The average Bonchev–Trinajstić information content (AvgIpc) is 3.23. The number of rotatable bonds is 6. The molecule has 0 bridgehead atoms. The van der Waals surface area contributed by atoms with Gasteiger partial charge < -0.3 is 10.0 Å². The fraction of sp³-hybridized carbons (Fsp3) is 0.100. The van der Waals surface area contributed by atoms with Crippen LogP contribution in [0.3, 0.4) is 0 Å². The quantitative estimate of drug-likeness (QED) is 0.506. The van der Waals surface area contributed by atoms with Crippen molar-refractivity contribution in [1.29, 1.82) is 0 Å². The summed E-state index contributed by atoms with van der Waals surface area (Å²) in [5, 5.41) is 21.7. The van der Waals surface area contributed by atoms with Crippen molar-refractivity contribution < 1.29 is 9.90 Å². The van der Waals surface area contributed by atoms with Crippen LogP contribution in [0.4, 0.5) is 5.95 Å². The lowest BCUT2D eigenvalue weighted by Gasteiger charge is -2.17. The van der Waals surface area contributed by atoms with Crippen molar-refractivity contribution in [3.8, 4) is 28.3 Å². The van der Waals surface area contributed by atoms with E-state index in [0.29, 0.717) is 27.7 Å². The van der Waals surface area contributed by atoms with E-state index in [2.05, 4.69) is 25.5 Å². The highest BCUT2D eigenvalue weighted by atomic mass is 35.5.